The van der Waals surface area contributed by atoms with Crippen molar-refractivity contribution in [1.82, 2.24) is 9.97 Å². The Balaban J connectivity index is 1.68. The second-order valence-corrected chi connectivity index (χ2v) is 6.63. The van der Waals surface area contributed by atoms with Crippen LogP contribution in [0.5, 0.6) is 0 Å². The molecule has 1 aliphatic rings. The summed E-state index contributed by atoms with van der Waals surface area (Å²) in [6.07, 6.45) is 8.64. The van der Waals surface area contributed by atoms with Crippen LogP contribution in [-0.4, -0.2) is 33.9 Å². The van der Waals surface area contributed by atoms with Crippen molar-refractivity contribution in [3.63, 3.8) is 0 Å². The van der Waals surface area contributed by atoms with Crippen LogP contribution in [0.15, 0.2) is 47.6 Å². The van der Waals surface area contributed by atoms with Gasteiger partial charge in [-0.25, -0.2) is 19.7 Å². The lowest BCUT2D eigenvalue weighted by molar-refractivity contribution is 0.201. The van der Waals surface area contributed by atoms with Crippen molar-refractivity contribution in [2.24, 2.45) is 10.9 Å². The Kier molecular flexibility index (Phi) is 6.30. The zero-order valence-corrected chi connectivity index (χ0v) is 14.8. The summed E-state index contributed by atoms with van der Waals surface area (Å²) in [6, 6.07) is 11.2. The van der Waals surface area contributed by atoms with Crippen molar-refractivity contribution in [3.8, 4) is 0 Å². The minimum atomic E-state index is -1.08. The Bertz CT molecular complexity index is 742. The van der Waals surface area contributed by atoms with E-state index >= 15 is 0 Å². The largest absolute Gasteiger partial charge is 0.465 e. The minimum Gasteiger partial charge on any atom is -0.465 e. The first-order valence-corrected chi connectivity index (χ1v) is 9.09. The molecule has 1 aliphatic carbocycles. The molecule has 1 amide bonds. The monoisotopic (exact) mass is 352 g/mol. The van der Waals surface area contributed by atoms with Gasteiger partial charge < -0.3 is 5.11 Å². The second-order valence-electron chi connectivity index (χ2n) is 6.63. The number of carboxylic acid groups (broad SMARTS) is 1. The van der Waals surface area contributed by atoms with E-state index in [1.807, 2.05) is 30.3 Å². The molecule has 0 spiro atoms. The van der Waals surface area contributed by atoms with Gasteiger partial charge in [0.05, 0.1) is 12.2 Å². The average Bonchev–Trinajstić information content (AvgIpc) is 2.68. The highest BCUT2D eigenvalue weighted by Crippen LogP contribution is 2.23. The normalized spacial score (nSPS) is 15.2. The summed E-state index contributed by atoms with van der Waals surface area (Å²) in [5, 5.41) is 9.54. The van der Waals surface area contributed by atoms with Crippen molar-refractivity contribution in [3.05, 3.63) is 53.9 Å². The smallest absolute Gasteiger partial charge is 0.414 e. The quantitative estimate of drug-likeness (QED) is 0.792. The van der Waals surface area contributed by atoms with Crippen molar-refractivity contribution in [2.45, 2.75) is 38.6 Å². The molecule has 0 aliphatic heterocycles. The molecule has 26 heavy (non-hydrogen) atoms. The fourth-order valence-electron chi connectivity index (χ4n) is 3.22. The first kappa shape index (κ1) is 18.0. The SMILES string of the molecule is O=C(O)N(Cc1ccccc1)c1nccc(C=NCC2CCCCC2)n1. The van der Waals surface area contributed by atoms with Gasteiger partial charge in [-0.3, -0.25) is 4.99 Å². The number of aromatic nitrogens is 2. The van der Waals surface area contributed by atoms with E-state index in [-0.39, 0.29) is 12.5 Å². The number of carbonyl (C=O) groups is 1. The third-order valence-corrected chi connectivity index (χ3v) is 4.63. The van der Waals surface area contributed by atoms with Gasteiger partial charge in [0, 0.05) is 19.0 Å². The van der Waals surface area contributed by atoms with E-state index in [1.165, 1.54) is 32.1 Å². The second kappa shape index (κ2) is 9.08. The topological polar surface area (TPSA) is 78.7 Å². The summed E-state index contributed by atoms with van der Waals surface area (Å²) in [7, 11) is 0. The molecule has 0 unspecified atom stereocenters. The molecule has 0 saturated heterocycles. The number of anilines is 1. The number of benzene rings is 1. The summed E-state index contributed by atoms with van der Waals surface area (Å²) in [5.74, 6) is 0.831. The molecule has 1 fully saturated rings. The predicted molar refractivity (Wildman–Crippen MR) is 102 cm³/mol. The molecule has 136 valence electrons. The fourth-order valence-corrected chi connectivity index (χ4v) is 3.22. The Hall–Kier alpha value is -2.76. The number of aliphatic imine (C=N–C) groups is 1. The van der Waals surface area contributed by atoms with Crippen molar-refractivity contribution in [2.75, 3.05) is 11.4 Å². The van der Waals surface area contributed by atoms with E-state index in [4.69, 9.17) is 0 Å². The van der Waals surface area contributed by atoms with E-state index in [1.54, 1.807) is 18.5 Å². The standard InChI is InChI=1S/C20H24N4O2/c25-20(26)24(15-17-9-5-2-6-10-17)19-22-12-11-18(23-19)14-21-13-16-7-3-1-4-8-16/h2,5-6,9-12,14,16H,1,3-4,7-8,13,15H2,(H,25,26). The van der Waals surface area contributed by atoms with E-state index in [9.17, 15) is 9.90 Å². The molecule has 0 bridgehead atoms. The molecular formula is C20H24N4O2. The molecule has 1 saturated carbocycles. The lowest BCUT2D eigenvalue weighted by Crippen LogP contribution is -2.30. The van der Waals surface area contributed by atoms with Gasteiger partial charge in [0.1, 0.15) is 0 Å². The van der Waals surface area contributed by atoms with Gasteiger partial charge in [0.25, 0.3) is 0 Å². The molecule has 2 aromatic rings. The highest BCUT2D eigenvalue weighted by molar-refractivity contribution is 5.84. The molecule has 0 radical (unpaired) electrons. The van der Waals surface area contributed by atoms with Crippen LogP contribution in [0.2, 0.25) is 0 Å². The predicted octanol–water partition coefficient (Wildman–Crippen LogP) is 4.16. The summed E-state index contributed by atoms with van der Waals surface area (Å²) in [4.78, 5) is 25.8. The van der Waals surface area contributed by atoms with Crippen LogP contribution in [0.25, 0.3) is 0 Å². The van der Waals surface area contributed by atoms with Gasteiger partial charge in [-0.15, -0.1) is 0 Å². The van der Waals surface area contributed by atoms with Crippen LogP contribution < -0.4 is 4.90 Å². The van der Waals surface area contributed by atoms with E-state index in [0.29, 0.717) is 11.6 Å². The Morgan fingerprint density at radius 1 is 1.19 bits per heavy atom. The van der Waals surface area contributed by atoms with E-state index < -0.39 is 6.09 Å². The molecule has 6 nitrogen and oxygen atoms in total. The molecule has 0 atom stereocenters. The first-order chi connectivity index (χ1) is 12.7. The molecular weight excluding hydrogens is 328 g/mol. The number of hydrogen-bond donors (Lipinski definition) is 1. The maximum atomic E-state index is 11.6. The van der Waals surface area contributed by atoms with Gasteiger partial charge in [-0.1, -0.05) is 49.6 Å². The van der Waals surface area contributed by atoms with Crippen LogP contribution in [0.3, 0.4) is 0 Å². The van der Waals surface area contributed by atoms with Crippen molar-refractivity contribution < 1.29 is 9.90 Å². The minimum absolute atomic E-state index is 0.169. The summed E-state index contributed by atoms with van der Waals surface area (Å²) in [5.41, 5.74) is 1.51. The Morgan fingerprint density at radius 3 is 2.69 bits per heavy atom. The third kappa shape index (κ3) is 5.12. The van der Waals surface area contributed by atoms with Crippen LogP contribution in [0.1, 0.15) is 43.4 Å². The maximum absolute atomic E-state index is 11.6. The highest BCUT2D eigenvalue weighted by Gasteiger charge is 2.18. The summed E-state index contributed by atoms with van der Waals surface area (Å²) >= 11 is 0. The molecule has 1 aromatic heterocycles. The lowest BCUT2D eigenvalue weighted by Gasteiger charge is -2.19. The van der Waals surface area contributed by atoms with E-state index in [0.717, 1.165) is 17.0 Å². The number of amides is 1. The molecule has 1 N–H and O–H groups in total. The van der Waals surface area contributed by atoms with Gasteiger partial charge in [0.2, 0.25) is 5.95 Å². The highest BCUT2D eigenvalue weighted by atomic mass is 16.4. The average molecular weight is 352 g/mol. The van der Waals surface area contributed by atoms with Gasteiger partial charge in [-0.2, -0.15) is 0 Å². The zero-order chi connectivity index (χ0) is 18.2. The first-order valence-electron chi connectivity index (χ1n) is 9.09. The number of nitrogens with zero attached hydrogens (tertiary/aromatic N) is 4. The molecule has 1 heterocycles. The summed E-state index contributed by atoms with van der Waals surface area (Å²) < 4.78 is 0. The summed E-state index contributed by atoms with van der Waals surface area (Å²) in [6.45, 7) is 1.02. The number of rotatable bonds is 6. The van der Waals surface area contributed by atoms with Crippen LogP contribution in [0.4, 0.5) is 10.7 Å². The molecule has 6 heteroatoms. The zero-order valence-electron chi connectivity index (χ0n) is 14.8. The van der Waals surface area contributed by atoms with Gasteiger partial charge in [0.15, 0.2) is 0 Å². The van der Waals surface area contributed by atoms with Crippen molar-refractivity contribution in [1.29, 1.82) is 0 Å². The third-order valence-electron chi connectivity index (χ3n) is 4.63. The van der Waals surface area contributed by atoms with Crippen LogP contribution in [-0.2, 0) is 6.54 Å². The number of hydrogen-bond acceptors (Lipinski definition) is 4. The fraction of sp³-hybridized carbons (Fsp3) is 0.400. The van der Waals surface area contributed by atoms with Crippen LogP contribution >= 0.6 is 0 Å². The van der Waals surface area contributed by atoms with E-state index in [2.05, 4.69) is 15.0 Å². The Morgan fingerprint density at radius 2 is 1.96 bits per heavy atom. The maximum Gasteiger partial charge on any atom is 0.414 e. The van der Waals surface area contributed by atoms with Crippen molar-refractivity contribution >= 4 is 18.3 Å². The lowest BCUT2D eigenvalue weighted by atomic mass is 9.89. The molecule has 1 aromatic carbocycles. The van der Waals surface area contributed by atoms with Crippen LogP contribution in [0, 0.1) is 5.92 Å². The van der Waals surface area contributed by atoms with Gasteiger partial charge >= 0.3 is 6.09 Å². The van der Waals surface area contributed by atoms with Gasteiger partial charge in [-0.05, 0) is 30.4 Å². The Labute approximate surface area is 153 Å². The molecule has 3 rings (SSSR count).